The number of hydrogen-bond acceptors (Lipinski definition) is 12. The van der Waals surface area contributed by atoms with Crippen molar-refractivity contribution in [3.05, 3.63) is 121 Å². The van der Waals surface area contributed by atoms with Crippen LogP contribution in [0.3, 0.4) is 0 Å². The Morgan fingerprint density at radius 2 is 0.828 bits per heavy atom. The molecule has 3 aromatic rings. The van der Waals surface area contributed by atoms with Crippen LogP contribution in [-0.2, 0) is 89.9 Å². The van der Waals surface area contributed by atoms with Crippen molar-refractivity contribution in [1.29, 1.82) is 0 Å². The van der Waals surface area contributed by atoms with Gasteiger partial charge in [0.1, 0.15) is 48.8 Å². The van der Waals surface area contributed by atoms with Crippen LogP contribution in [-0.4, -0.2) is 86.1 Å². The quantitative estimate of drug-likeness (QED) is 0.0323. The number of aliphatic hydroxyl groups is 1. The molecule has 0 saturated heterocycles. The number of ether oxygens (including phenoxy) is 4. The maximum absolute atomic E-state index is 12.5. The van der Waals surface area contributed by atoms with Crippen LogP contribution in [0.15, 0.2) is 71.0 Å². The highest BCUT2D eigenvalue weighted by Crippen LogP contribution is 2.43. The third kappa shape index (κ3) is 32.5. The molecule has 4 N–H and O–H groups in total. The van der Waals surface area contributed by atoms with Crippen molar-refractivity contribution in [1.82, 2.24) is 0 Å². The molecule has 0 saturated carbocycles. The van der Waals surface area contributed by atoms with Gasteiger partial charge in [-0.15, -0.1) is 0 Å². The van der Waals surface area contributed by atoms with Gasteiger partial charge < -0.3 is 49.0 Å². The van der Waals surface area contributed by atoms with Crippen LogP contribution >= 0.6 is 0 Å². The van der Waals surface area contributed by atoms with Crippen LogP contribution in [0.4, 0.5) is 0 Å². The molecule has 3 aromatic carbocycles. The molecule has 0 atom stereocenters. The number of methoxy groups -OCH3 is 2. The maximum atomic E-state index is 12.5. The third-order valence-corrected chi connectivity index (χ3v) is 15.8. The predicted octanol–water partition coefficient (Wildman–Crippen LogP) is 20.4. The number of phenols is 3. The van der Waals surface area contributed by atoms with Gasteiger partial charge in [0.25, 0.3) is 6.47 Å². The number of carbonyl (C=O) groups is 4. The highest BCUT2D eigenvalue weighted by atomic mass is 16.6. The van der Waals surface area contributed by atoms with Gasteiger partial charge in [-0.2, -0.15) is 0 Å². The van der Waals surface area contributed by atoms with Crippen LogP contribution < -0.4 is 0 Å². The van der Waals surface area contributed by atoms with Crippen molar-refractivity contribution in [3.63, 3.8) is 0 Å². The number of ketones is 1. The molecule has 0 aliphatic rings. The first-order valence-electron chi connectivity index (χ1n) is 33.8. The Balaban J connectivity index is -0.00000118. The Bertz CT molecular complexity index is 2630. The van der Waals surface area contributed by atoms with E-state index in [9.17, 15) is 34.8 Å². The van der Waals surface area contributed by atoms with Crippen LogP contribution in [0.25, 0.3) is 0 Å². The summed E-state index contributed by atoms with van der Waals surface area (Å²) in [5.74, 6) is 1.61. The summed E-state index contributed by atoms with van der Waals surface area (Å²) in [5.41, 5.74) is 11.5. The molecule has 0 fully saturated rings. The van der Waals surface area contributed by atoms with Gasteiger partial charge in [0.15, 0.2) is 0 Å². The van der Waals surface area contributed by atoms with Gasteiger partial charge in [-0.3, -0.25) is 9.59 Å². The molecule has 0 aromatic heterocycles. The molecule has 532 valence electrons. The van der Waals surface area contributed by atoms with Crippen molar-refractivity contribution in [2.24, 2.45) is 16.7 Å². The van der Waals surface area contributed by atoms with Gasteiger partial charge in [0, 0.05) is 27.1 Å². The molecule has 0 amide bonds. The number of aromatic hydroxyl groups is 3. The van der Waals surface area contributed by atoms with E-state index in [-0.39, 0.29) is 88.4 Å². The van der Waals surface area contributed by atoms with Crippen LogP contribution in [0.5, 0.6) is 17.2 Å². The smallest absolute Gasteiger partial charge is 0.306 e. The van der Waals surface area contributed by atoms with E-state index in [0.29, 0.717) is 42.3 Å². The fourth-order valence-corrected chi connectivity index (χ4v) is 10.0. The summed E-state index contributed by atoms with van der Waals surface area (Å²) < 4.78 is 20.8. The number of allylic oxidation sites excluding steroid dienone is 5. The number of phenolic OH excluding ortho intramolecular Hbond substituents is 3. The second kappa shape index (κ2) is 40.6. The Hall–Kier alpha value is -5.72. The number of rotatable bonds is 22. The van der Waals surface area contributed by atoms with Crippen LogP contribution in [0.1, 0.15) is 290 Å². The second-order valence-corrected chi connectivity index (χ2v) is 32.1. The lowest BCUT2D eigenvalue weighted by Crippen LogP contribution is -2.41. The van der Waals surface area contributed by atoms with Crippen molar-refractivity contribution < 1.29 is 58.6 Å². The van der Waals surface area contributed by atoms with Gasteiger partial charge in [0.05, 0.1) is 18.6 Å². The fourth-order valence-electron chi connectivity index (χ4n) is 10.0. The summed E-state index contributed by atoms with van der Waals surface area (Å²) in [5, 5.41) is 42.6. The number of Topliss-reactive ketones (excluding diaryl/α,β-unsaturated/α-hetero) is 1. The van der Waals surface area contributed by atoms with E-state index in [2.05, 4.69) is 184 Å². The summed E-state index contributed by atoms with van der Waals surface area (Å²) in [7, 11) is 3.05. The first kappa shape index (κ1) is 91.5. The maximum Gasteiger partial charge on any atom is 0.306 e. The number of aryl methyl sites for hydroxylation is 3. The SMILES string of the molecule is C=O.CC.CC(=O)CCc1cc(C(C)(C)C)c(O)c(C(C)(C)C)c1.CCCc1cc(C(C)(C)C)c(O)c(C(C)(C)C)c1.CCCc1cc(C(C)(C)C)c(O)c(C(C)(C)C)c1.C\C=C(/C=C(\C(O)=C(/C)C(C)(C)C)C(C)C)CCC(=O)OCC(COC)(COC)COC=O. The molecular formula is C81H136O12. The summed E-state index contributed by atoms with van der Waals surface area (Å²) in [4.78, 5) is 42.3. The van der Waals surface area contributed by atoms with Crippen molar-refractivity contribution in [2.75, 3.05) is 40.6 Å². The molecule has 0 aliphatic carbocycles. The normalized spacial score (nSPS) is 12.8. The largest absolute Gasteiger partial charge is 0.508 e. The lowest BCUT2D eigenvalue weighted by atomic mass is 9.78. The van der Waals surface area contributed by atoms with Gasteiger partial charge in [-0.1, -0.05) is 254 Å². The number of hydrogen-bond donors (Lipinski definition) is 4. The molecule has 0 spiro atoms. The number of aliphatic hydroxyl groups excluding tert-OH is 1. The van der Waals surface area contributed by atoms with E-state index in [1.165, 1.54) is 25.3 Å². The molecule has 12 heteroatoms. The molecule has 12 nitrogen and oxygen atoms in total. The molecule has 0 aliphatic heterocycles. The Labute approximate surface area is 568 Å². The standard InChI is InChI=1S/C26H44O7.C18H28O2.2C17H28O.C2H6.CH2O/c1-10-21(13-22(19(2)3)24(29)20(4)25(5,6)7)11-12-23(28)33-17-26(14-30-8,15-31-9)16-32-18-27;1-12(19)8-9-13-10-14(17(2,3)4)16(20)15(11-13)18(5,6)7;2*1-8-9-12-10-13(16(2,3)4)15(18)14(11-12)17(5,6)7;2*1-2/h10,13,18-19,29H,11-12,14-17H2,1-9H3;10-11,20H,8-9H2,1-7H3;2*10-11,18H,8-9H2,1-7H3;1-2H3;1H2/b21-10-,22-13-,24-20-;;;;;. The van der Waals surface area contributed by atoms with Gasteiger partial charge in [-0.25, -0.2) is 0 Å². The van der Waals surface area contributed by atoms with Crippen molar-refractivity contribution >= 4 is 25.0 Å². The molecule has 0 unspecified atom stereocenters. The molecule has 0 heterocycles. The highest BCUT2D eigenvalue weighted by molar-refractivity contribution is 5.75. The average molecular weight is 1300 g/mol. The Kier molecular flexibility index (Phi) is 40.0. The lowest BCUT2D eigenvalue weighted by Gasteiger charge is -2.30. The van der Waals surface area contributed by atoms with Crippen molar-refractivity contribution in [2.45, 2.75) is 292 Å². The van der Waals surface area contributed by atoms with E-state index in [1.54, 1.807) is 6.92 Å². The topological polar surface area (TPSA) is 186 Å². The minimum absolute atomic E-state index is 0.00785. The molecule has 0 bridgehead atoms. The average Bonchev–Trinajstić information content (AvgIpc) is 0.805. The van der Waals surface area contributed by atoms with E-state index in [0.717, 1.165) is 87.8 Å². The zero-order chi connectivity index (χ0) is 73.6. The lowest BCUT2D eigenvalue weighted by molar-refractivity contribution is -0.155. The number of benzene rings is 3. The summed E-state index contributed by atoms with van der Waals surface area (Å²) >= 11 is 0. The summed E-state index contributed by atoms with van der Waals surface area (Å²) in [6.45, 7) is 65.4. The first-order chi connectivity index (χ1) is 42.4. The molecule has 3 rings (SSSR count). The minimum Gasteiger partial charge on any atom is -0.508 e. The van der Waals surface area contributed by atoms with Gasteiger partial charge in [0.2, 0.25) is 0 Å². The van der Waals surface area contributed by atoms with E-state index in [4.69, 9.17) is 23.7 Å². The fraction of sp³-hybridized carbons (Fsp3) is 0.654. The second-order valence-electron chi connectivity index (χ2n) is 32.1. The predicted molar refractivity (Wildman–Crippen MR) is 392 cm³/mol. The highest BCUT2D eigenvalue weighted by Gasteiger charge is 2.35. The Morgan fingerprint density at radius 1 is 0.516 bits per heavy atom. The summed E-state index contributed by atoms with van der Waals surface area (Å²) in [6.07, 6.45) is 10.3. The minimum atomic E-state index is -0.769. The van der Waals surface area contributed by atoms with Crippen LogP contribution in [0, 0.1) is 16.7 Å². The monoisotopic (exact) mass is 1300 g/mol. The van der Waals surface area contributed by atoms with Gasteiger partial charge >= 0.3 is 5.97 Å². The number of esters is 1. The number of carbonyl (C=O) groups excluding carboxylic acids is 4. The zero-order valence-corrected chi connectivity index (χ0v) is 65.0. The molecule has 0 radical (unpaired) electrons. The first-order valence-corrected chi connectivity index (χ1v) is 33.8. The third-order valence-electron chi connectivity index (χ3n) is 15.8. The van der Waals surface area contributed by atoms with E-state index < -0.39 is 5.41 Å². The molecular weight excluding hydrogens is 1160 g/mol. The van der Waals surface area contributed by atoms with E-state index >= 15 is 0 Å². The van der Waals surface area contributed by atoms with E-state index in [1.807, 2.05) is 72.6 Å². The summed E-state index contributed by atoms with van der Waals surface area (Å²) in [6, 6.07) is 12.8. The van der Waals surface area contributed by atoms with Crippen molar-refractivity contribution in [3.8, 4) is 17.2 Å². The van der Waals surface area contributed by atoms with Crippen LogP contribution in [0.2, 0.25) is 0 Å². The van der Waals surface area contributed by atoms with Gasteiger partial charge in [-0.05, 0) is 151 Å². The Morgan fingerprint density at radius 3 is 1.06 bits per heavy atom. The zero-order valence-electron chi connectivity index (χ0n) is 65.0. The molecule has 93 heavy (non-hydrogen) atoms.